The summed E-state index contributed by atoms with van der Waals surface area (Å²) in [5.74, 6) is -3.63. The van der Waals surface area contributed by atoms with E-state index in [1.54, 1.807) is 32.8 Å². The maximum atomic E-state index is 16.9. The lowest BCUT2D eigenvalue weighted by atomic mass is 9.77. The number of halogens is 1. The Labute approximate surface area is 309 Å². The molecule has 0 N–H and O–H groups in total. The van der Waals surface area contributed by atoms with E-state index in [1.165, 1.54) is 0 Å². The number of amides is 1. The van der Waals surface area contributed by atoms with Crippen molar-refractivity contribution < 1.29 is 42.5 Å². The fraction of sp³-hybridized carbons (Fsp3) is 0.919. The van der Waals surface area contributed by atoms with Crippen molar-refractivity contribution in [3.05, 3.63) is 10.4 Å². The normalized spacial score (nSPS) is 41.4. The van der Waals surface area contributed by atoms with Gasteiger partial charge >= 0.3 is 12.1 Å². The summed E-state index contributed by atoms with van der Waals surface area (Å²) in [5.41, 5.74) is 3.13. The van der Waals surface area contributed by atoms with Crippen molar-refractivity contribution in [1.29, 1.82) is 0 Å². The van der Waals surface area contributed by atoms with Gasteiger partial charge in [0, 0.05) is 55.6 Å². The van der Waals surface area contributed by atoms with Crippen LogP contribution in [-0.2, 0) is 33.3 Å². The van der Waals surface area contributed by atoms with Crippen molar-refractivity contribution in [3.8, 4) is 0 Å². The molecule has 298 valence electrons. The molecule has 1 amide bonds. The minimum absolute atomic E-state index is 0.0349. The van der Waals surface area contributed by atoms with Crippen molar-refractivity contribution in [1.82, 2.24) is 14.7 Å². The zero-order chi connectivity index (χ0) is 39.3. The highest BCUT2D eigenvalue weighted by Crippen LogP contribution is 2.42. The summed E-state index contributed by atoms with van der Waals surface area (Å²) in [4.78, 5) is 50.4. The molecule has 0 saturated carbocycles. The fourth-order valence-electron chi connectivity index (χ4n) is 8.86. The number of unbranched alkanes of at least 4 members (excludes halogenated alkanes) is 1. The Hall–Kier alpha value is -2.55. The van der Waals surface area contributed by atoms with Gasteiger partial charge in [-0.2, -0.15) is 0 Å². The number of ether oxygens (including phenoxy) is 5. The van der Waals surface area contributed by atoms with E-state index in [0.717, 1.165) is 13.3 Å². The second-order valence-corrected chi connectivity index (χ2v) is 16.3. The Bertz CT molecular complexity index is 1300. The van der Waals surface area contributed by atoms with E-state index in [4.69, 9.17) is 29.2 Å². The van der Waals surface area contributed by atoms with Crippen molar-refractivity contribution in [2.45, 2.75) is 154 Å². The van der Waals surface area contributed by atoms with E-state index in [1.807, 2.05) is 48.8 Å². The molecule has 3 aliphatic rings. The Balaban J connectivity index is 2.11. The molecule has 14 nitrogen and oxygen atoms in total. The first-order valence-corrected chi connectivity index (χ1v) is 18.9. The van der Waals surface area contributed by atoms with Gasteiger partial charge in [-0.15, -0.1) is 0 Å². The molecular formula is C37H65FN6O8. The first-order valence-electron chi connectivity index (χ1n) is 18.9. The predicted molar refractivity (Wildman–Crippen MR) is 194 cm³/mol. The predicted octanol–water partition coefficient (Wildman–Crippen LogP) is 5.76. The SMILES string of the molecule is CC[C@H]1OC(=O)C(C)(F)C(=O)[C@H](C)[C@@H](O[C@@H]2OC(C)CC(N(C)C)C2C)[C@](C)(OC)C[C@@H](C)CN(C)[C@H](C)[C@H]2N(CCCCN=[N+]=[N-])C(=O)O[C@]12C. The van der Waals surface area contributed by atoms with Crippen LogP contribution < -0.4 is 0 Å². The number of ketones is 1. The van der Waals surface area contributed by atoms with Crippen molar-refractivity contribution >= 4 is 17.8 Å². The van der Waals surface area contributed by atoms with E-state index < -0.39 is 65.2 Å². The lowest BCUT2D eigenvalue weighted by Gasteiger charge is -2.47. The van der Waals surface area contributed by atoms with Gasteiger partial charge in [0.25, 0.3) is 5.67 Å². The van der Waals surface area contributed by atoms with Crippen molar-refractivity contribution in [3.63, 3.8) is 0 Å². The molecule has 3 rings (SSSR count). The van der Waals surface area contributed by atoms with Gasteiger partial charge in [0.2, 0.25) is 0 Å². The number of carbonyl (C=O) groups is 3. The Morgan fingerprint density at radius 2 is 1.75 bits per heavy atom. The summed E-state index contributed by atoms with van der Waals surface area (Å²) in [5, 5.41) is 3.60. The van der Waals surface area contributed by atoms with Gasteiger partial charge in [-0.05, 0) is 99.3 Å². The minimum Gasteiger partial charge on any atom is -0.455 e. The fourth-order valence-corrected chi connectivity index (χ4v) is 8.86. The molecule has 3 fully saturated rings. The number of azide groups is 1. The maximum absolute atomic E-state index is 16.9. The van der Waals surface area contributed by atoms with Gasteiger partial charge in [-0.3, -0.25) is 9.69 Å². The molecule has 0 radical (unpaired) electrons. The summed E-state index contributed by atoms with van der Waals surface area (Å²) in [6.45, 7) is 17.1. The first-order chi connectivity index (χ1) is 24.2. The second-order valence-electron chi connectivity index (χ2n) is 16.3. The third-order valence-corrected chi connectivity index (χ3v) is 11.9. The summed E-state index contributed by atoms with van der Waals surface area (Å²) < 4.78 is 48.2. The number of hydrogen-bond acceptors (Lipinski definition) is 11. The molecular weight excluding hydrogens is 675 g/mol. The molecule has 52 heavy (non-hydrogen) atoms. The molecule has 0 spiro atoms. The number of fused-ring (bicyclic) bond motifs is 1. The van der Waals surface area contributed by atoms with Gasteiger partial charge in [-0.1, -0.05) is 32.8 Å². The molecule has 0 aromatic carbocycles. The van der Waals surface area contributed by atoms with E-state index in [-0.39, 0.29) is 43.0 Å². The highest BCUT2D eigenvalue weighted by Gasteiger charge is 2.60. The maximum Gasteiger partial charge on any atom is 0.410 e. The highest BCUT2D eigenvalue weighted by molar-refractivity contribution is 6.07. The molecule has 0 aromatic rings. The number of alkyl halides is 1. The topological polar surface area (TPSA) is 156 Å². The van der Waals surface area contributed by atoms with Crippen LogP contribution in [0.5, 0.6) is 0 Å². The number of likely N-dealkylation sites (N-methyl/N-ethyl adjacent to an activating group) is 1. The Morgan fingerprint density at radius 3 is 2.33 bits per heavy atom. The number of Topliss-reactive ketones (excluding diaryl/α,β-unsaturated/α-hetero) is 1. The average molecular weight is 741 g/mol. The molecule has 3 heterocycles. The molecule has 0 aliphatic carbocycles. The van der Waals surface area contributed by atoms with Gasteiger partial charge < -0.3 is 33.5 Å². The third kappa shape index (κ3) is 9.21. The molecule has 0 bridgehead atoms. The van der Waals surface area contributed by atoms with Crippen LogP contribution in [0.3, 0.4) is 0 Å². The van der Waals surface area contributed by atoms with Gasteiger partial charge in [0.05, 0.1) is 23.9 Å². The monoisotopic (exact) mass is 740 g/mol. The van der Waals surface area contributed by atoms with E-state index in [0.29, 0.717) is 32.4 Å². The lowest BCUT2D eigenvalue weighted by Crippen LogP contribution is -2.61. The summed E-state index contributed by atoms with van der Waals surface area (Å²) in [6, 6.07) is -0.785. The molecule has 0 aromatic heterocycles. The number of methoxy groups -OCH3 is 1. The number of cyclic esters (lactones) is 1. The van der Waals surface area contributed by atoms with E-state index >= 15 is 4.39 Å². The standard InChI is InChI=1S/C37H65FN6O8/c1-14-28-37(9)29(44(34(47)52-37)18-16-15-17-40-41-39)26(6)43(12)21-22(2)20-35(7,48-13)31(25(5)30(45)36(8,38)33(46)50-28)51-32-24(4)27(42(10)11)19-23(3)49-32/h22-29,31-32H,14-21H2,1-13H3/t22-,23?,24?,25+,26-,27?,28-,29-,31-,32+,35-,36?,37-/m1/s1. The highest BCUT2D eigenvalue weighted by atomic mass is 19.1. The van der Waals surface area contributed by atoms with Crippen LogP contribution in [0.25, 0.3) is 10.4 Å². The number of hydrogen-bond donors (Lipinski definition) is 0. The van der Waals surface area contributed by atoms with Crippen molar-refractivity contribution in [2.24, 2.45) is 22.9 Å². The van der Waals surface area contributed by atoms with Crippen LogP contribution >= 0.6 is 0 Å². The largest absolute Gasteiger partial charge is 0.455 e. The Kier molecular flexibility index (Phi) is 14.9. The quantitative estimate of drug-likeness (QED) is 0.0674. The zero-order valence-electron chi connectivity index (χ0n) is 33.8. The second kappa shape index (κ2) is 17.7. The molecule has 3 aliphatic heterocycles. The van der Waals surface area contributed by atoms with Crippen LogP contribution in [0.2, 0.25) is 0 Å². The van der Waals surface area contributed by atoms with E-state index in [9.17, 15) is 14.4 Å². The molecule has 3 saturated heterocycles. The first kappa shape index (κ1) is 43.9. The summed E-state index contributed by atoms with van der Waals surface area (Å²) >= 11 is 0. The van der Waals surface area contributed by atoms with Crippen LogP contribution in [0.15, 0.2) is 5.11 Å². The van der Waals surface area contributed by atoms with Gasteiger partial charge in [0.15, 0.2) is 17.7 Å². The Morgan fingerprint density at radius 1 is 1.10 bits per heavy atom. The summed E-state index contributed by atoms with van der Waals surface area (Å²) in [7, 11) is 7.54. The number of esters is 1. The van der Waals surface area contributed by atoms with Crippen LogP contribution in [0, 0.1) is 17.8 Å². The molecule has 4 unspecified atom stereocenters. The third-order valence-electron chi connectivity index (χ3n) is 11.9. The van der Waals surface area contributed by atoms with Crippen LogP contribution in [0.4, 0.5) is 9.18 Å². The molecule has 13 atom stereocenters. The smallest absolute Gasteiger partial charge is 0.410 e. The van der Waals surface area contributed by atoms with Crippen LogP contribution in [0.1, 0.15) is 94.4 Å². The number of carbonyl (C=O) groups excluding carboxylic acids is 3. The van der Waals surface area contributed by atoms with Crippen molar-refractivity contribution in [2.75, 3.05) is 47.9 Å². The van der Waals surface area contributed by atoms with Crippen LogP contribution in [-0.4, -0.2) is 140 Å². The number of nitrogens with zero attached hydrogens (tertiary/aromatic N) is 6. The zero-order valence-corrected chi connectivity index (χ0v) is 33.8. The van der Waals surface area contributed by atoms with Gasteiger partial charge in [-0.25, -0.2) is 14.0 Å². The average Bonchev–Trinajstić information content (AvgIpc) is 3.34. The van der Waals surface area contributed by atoms with E-state index in [2.05, 4.69) is 26.7 Å². The summed E-state index contributed by atoms with van der Waals surface area (Å²) in [6.07, 6.45) is -0.983. The van der Waals surface area contributed by atoms with Gasteiger partial charge in [0.1, 0.15) is 6.10 Å². The number of rotatable bonds is 10. The lowest BCUT2D eigenvalue weighted by molar-refractivity contribution is -0.281. The molecule has 15 heteroatoms. The minimum atomic E-state index is -3.06.